The minimum absolute atomic E-state index is 0.314. The van der Waals surface area contributed by atoms with Crippen molar-refractivity contribution in [2.75, 3.05) is 0 Å². The average Bonchev–Trinajstić information content (AvgIpc) is 2.11. The van der Waals surface area contributed by atoms with Gasteiger partial charge in [-0.3, -0.25) is 0 Å². The SMILES string of the molecule is CC[C@H](NO)c1c(F)cccc1Cl. The van der Waals surface area contributed by atoms with Gasteiger partial charge in [-0.05, 0) is 18.6 Å². The number of hydrogen-bond donors (Lipinski definition) is 2. The zero-order valence-electron chi connectivity index (χ0n) is 7.22. The van der Waals surface area contributed by atoms with E-state index in [-0.39, 0.29) is 0 Å². The third-order valence-electron chi connectivity index (χ3n) is 1.91. The highest BCUT2D eigenvalue weighted by molar-refractivity contribution is 6.31. The monoisotopic (exact) mass is 203 g/mol. The van der Waals surface area contributed by atoms with Crippen LogP contribution in [0.1, 0.15) is 24.9 Å². The van der Waals surface area contributed by atoms with Crippen molar-refractivity contribution in [1.29, 1.82) is 0 Å². The third-order valence-corrected chi connectivity index (χ3v) is 2.24. The normalized spacial score (nSPS) is 12.9. The summed E-state index contributed by atoms with van der Waals surface area (Å²) in [5, 5.41) is 9.08. The Balaban J connectivity index is 3.10. The lowest BCUT2D eigenvalue weighted by molar-refractivity contribution is 0.122. The average molecular weight is 204 g/mol. The van der Waals surface area contributed by atoms with E-state index in [1.807, 2.05) is 12.4 Å². The molecule has 1 aromatic rings. The lowest BCUT2D eigenvalue weighted by Gasteiger charge is -2.15. The number of hydrogen-bond acceptors (Lipinski definition) is 2. The second kappa shape index (κ2) is 4.56. The molecular weight excluding hydrogens is 193 g/mol. The highest BCUT2D eigenvalue weighted by Gasteiger charge is 2.15. The van der Waals surface area contributed by atoms with Gasteiger partial charge in [-0.2, -0.15) is 5.48 Å². The van der Waals surface area contributed by atoms with E-state index >= 15 is 0 Å². The van der Waals surface area contributed by atoms with Crippen molar-refractivity contribution in [2.45, 2.75) is 19.4 Å². The number of benzene rings is 1. The Bertz CT molecular complexity index is 269. The molecule has 2 N–H and O–H groups in total. The Morgan fingerprint density at radius 3 is 2.77 bits per heavy atom. The zero-order chi connectivity index (χ0) is 9.84. The molecule has 1 atom stereocenters. The number of rotatable bonds is 3. The number of hydroxylamine groups is 1. The van der Waals surface area contributed by atoms with E-state index in [1.54, 1.807) is 6.07 Å². The molecule has 0 fully saturated rings. The van der Waals surface area contributed by atoms with E-state index in [1.165, 1.54) is 12.1 Å². The molecule has 0 aliphatic carbocycles. The maximum Gasteiger partial charge on any atom is 0.129 e. The fraction of sp³-hybridized carbons (Fsp3) is 0.333. The van der Waals surface area contributed by atoms with Crippen LogP contribution in [0.15, 0.2) is 18.2 Å². The minimum Gasteiger partial charge on any atom is -0.316 e. The molecule has 4 heteroatoms. The first-order valence-electron chi connectivity index (χ1n) is 4.04. The van der Waals surface area contributed by atoms with Crippen molar-refractivity contribution in [1.82, 2.24) is 5.48 Å². The van der Waals surface area contributed by atoms with Crippen molar-refractivity contribution in [3.8, 4) is 0 Å². The van der Waals surface area contributed by atoms with Gasteiger partial charge in [0, 0.05) is 10.6 Å². The number of halogens is 2. The number of nitrogens with one attached hydrogen (secondary N) is 1. The molecule has 2 nitrogen and oxygen atoms in total. The summed E-state index contributed by atoms with van der Waals surface area (Å²) in [4.78, 5) is 0. The van der Waals surface area contributed by atoms with Crippen LogP contribution in [0.4, 0.5) is 4.39 Å². The molecule has 0 saturated carbocycles. The summed E-state index contributed by atoms with van der Waals surface area (Å²) in [6.45, 7) is 1.83. The van der Waals surface area contributed by atoms with Crippen LogP contribution in [-0.2, 0) is 0 Å². The predicted octanol–water partition coefficient (Wildman–Crippen LogP) is 2.91. The van der Waals surface area contributed by atoms with Crippen molar-refractivity contribution in [2.24, 2.45) is 0 Å². The lowest BCUT2D eigenvalue weighted by atomic mass is 10.0. The van der Waals surface area contributed by atoms with E-state index in [0.29, 0.717) is 17.0 Å². The maximum atomic E-state index is 13.2. The molecule has 0 radical (unpaired) electrons. The smallest absolute Gasteiger partial charge is 0.129 e. The van der Waals surface area contributed by atoms with E-state index in [0.717, 1.165) is 0 Å². The second-order valence-corrected chi connectivity index (χ2v) is 3.13. The Hall–Kier alpha value is -0.640. The molecule has 1 aromatic carbocycles. The van der Waals surface area contributed by atoms with Crippen LogP contribution in [0.5, 0.6) is 0 Å². The maximum absolute atomic E-state index is 13.2. The van der Waals surface area contributed by atoms with Gasteiger partial charge in [-0.1, -0.05) is 24.6 Å². The van der Waals surface area contributed by atoms with Gasteiger partial charge in [0.25, 0.3) is 0 Å². The second-order valence-electron chi connectivity index (χ2n) is 2.73. The van der Waals surface area contributed by atoms with Crippen LogP contribution >= 0.6 is 11.6 Å². The van der Waals surface area contributed by atoms with E-state index < -0.39 is 11.9 Å². The van der Waals surface area contributed by atoms with Crippen LogP contribution in [0.2, 0.25) is 5.02 Å². The lowest BCUT2D eigenvalue weighted by Crippen LogP contribution is -2.17. The largest absolute Gasteiger partial charge is 0.316 e. The first kappa shape index (κ1) is 10.4. The minimum atomic E-state index is -0.450. The molecule has 0 spiro atoms. The molecule has 0 unspecified atom stereocenters. The van der Waals surface area contributed by atoms with Crippen LogP contribution in [-0.4, -0.2) is 5.21 Å². The standard InChI is InChI=1S/C9H11ClFNO/c1-2-8(12-13)9-6(10)4-3-5-7(9)11/h3-5,8,12-13H,2H2,1H3/t8-/m0/s1. The Morgan fingerprint density at radius 2 is 2.31 bits per heavy atom. The van der Waals surface area contributed by atoms with Crippen molar-refractivity contribution >= 4 is 11.6 Å². The molecule has 0 saturated heterocycles. The summed E-state index contributed by atoms with van der Waals surface area (Å²) < 4.78 is 13.2. The van der Waals surface area contributed by atoms with Gasteiger partial charge in [0.2, 0.25) is 0 Å². The van der Waals surface area contributed by atoms with Crippen molar-refractivity contribution in [3.05, 3.63) is 34.6 Å². The van der Waals surface area contributed by atoms with E-state index in [2.05, 4.69) is 0 Å². The summed E-state index contributed by atoms with van der Waals surface area (Å²) in [5.41, 5.74) is 2.34. The van der Waals surface area contributed by atoms with E-state index in [9.17, 15) is 4.39 Å². The Kier molecular flexibility index (Phi) is 3.66. The summed E-state index contributed by atoms with van der Waals surface area (Å²) in [5.74, 6) is -0.402. The Labute approximate surface area is 81.3 Å². The summed E-state index contributed by atoms with van der Waals surface area (Å²) in [6.07, 6.45) is 0.567. The molecule has 13 heavy (non-hydrogen) atoms. The highest BCUT2D eigenvalue weighted by Crippen LogP contribution is 2.27. The zero-order valence-corrected chi connectivity index (χ0v) is 7.98. The molecular formula is C9H11ClFNO. The highest BCUT2D eigenvalue weighted by atomic mass is 35.5. The fourth-order valence-electron chi connectivity index (χ4n) is 1.20. The van der Waals surface area contributed by atoms with Gasteiger partial charge < -0.3 is 5.21 Å². The quantitative estimate of drug-likeness (QED) is 0.741. The molecule has 0 aliphatic heterocycles. The third kappa shape index (κ3) is 2.18. The van der Waals surface area contributed by atoms with Gasteiger partial charge in [0.1, 0.15) is 5.82 Å². The van der Waals surface area contributed by atoms with Crippen LogP contribution < -0.4 is 5.48 Å². The van der Waals surface area contributed by atoms with Crippen LogP contribution in [0.25, 0.3) is 0 Å². The van der Waals surface area contributed by atoms with Crippen molar-refractivity contribution in [3.63, 3.8) is 0 Å². The first-order chi connectivity index (χ1) is 6.20. The van der Waals surface area contributed by atoms with Gasteiger partial charge >= 0.3 is 0 Å². The molecule has 0 aliphatic rings. The summed E-state index contributed by atoms with van der Waals surface area (Å²) in [6, 6.07) is 4.00. The van der Waals surface area contributed by atoms with E-state index in [4.69, 9.17) is 16.8 Å². The molecule has 72 valence electrons. The van der Waals surface area contributed by atoms with Gasteiger partial charge in [0.05, 0.1) is 6.04 Å². The van der Waals surface area contributed by atoms with Gasteiger partial charge in [-0.25, -0.2) is 4.39 Å². The molecule has 1 rings (SSSR count). The fourth-order valence-corrected chi connectivity index (χ4v) is 1.50. The van der Waals surface area contributed by atoms with Gasteiger partial charge in [-0.15, -0.1) is 0 Å². The molecule has 0 amide bonds. The summed E-state index contributed by atoms with van der Waals surface area (Å²) >= 11 is 5.79. The van der Waals surface area contributed by atoms with Crippen LogP contribution in [0.3, 0.4) is 0 Å². The van der Waals surface area contributed by atoms with Crippen molar-refractivity contribution < 1.29 is 9.60 Å². The van der Waals surface area contributed by atoms with Gasteiger partial charge in [0.15, 0.2) is 0 Å². The van der Waals surface area contributed by atoms with Crippen LogP contribution in [0, 0.1) is 5.82 Å². The predicted molar refractivity (Wildman–Crippen MR) is 49.4 cm³/mol. The summed E-state index contributed by atoms with van der Waals surface area (Å²) in [7, 11) is 0. The Morgan fingerprint density at radius 1 is 1.62 bits per heavy atom. The first-order valence-corrected chi connectivity index (χ1v) is 4.42. The topological polar surface area (TPSA) is 32.3 Å². The molecule has 0 bridgehead atoms. The molecule has 0 heterocycles. The molecule has 0 aromatic heterocycles.